The second-order valence-electron chi connectivity index (χ2n) is 3.74. The van der Waals surface area contributed by atoms with Crippen LogP contribution in [0.5, 0.6) is 5.75 Å². The van der Waals surface area contributed by atoms with E-state index in [1.807, 2.05) is 0 Å². The molecule has 1 aromatic carbocycles. The van der Waals surface area contributed by atoms with Gasteiger partial charge in [-0.15, -0.1) is 10.2 Å². The summed E-state index contributed by atoms with van der Waals surface area (Å²) in [5.74, 6) is -1.31. The van der Waals surface area contributed by atoms with Gasteiger partial charge in [0.1, 0.15) is 13.2 Å². The van der Waals surface area contributed by atoms with E-state index < -0.39 is 18.4 Å². The summed E-state index contributed by atoms with van der Waals surface area (Å²) in [5.41, 5.74) is 0.389. The van der Waals surface area contributed by atoms with E-state index >= 15 is 0 Å². The van der Waals surface area contributed by atoms with Gasteiger partial charge in [-0.2, -0.15) is 0 Å². The van der Waals surface area contributed by atoms with E-state index in [4.69, 9.17) is 19.0 Å². The Labute approximate surface area is 112 Å². The smallest absolute Gasteiger partial charge is 0.329 e. The minimum atomic E-state index is -1.10. The number of nitrogens with zero attached hydrogens (tertiary/aromatic N) is 2. The third kappa shape index (κ3) is 3.29. The van der Waals surface area contributed by atoms with Crippen LogP contribution in [0, 0.1) is 5.82 Å². The lowest BCUT2D eigenvalue weighted by Gasteiger charge is -2.02. The lowest BCUT2D eigenvalue weighted by Crippen LogP contribution is -2.06. The van der Waals surface area contributed by atoms with E-state index in [-0.39, 0.29) is 24.1 Å². The monoisotopic (exact) mass is 282 g/mol. The molecule has 0 saturated heterocycles. The number of carbonyl (C=O) groups is 1. The molecule has 1 N–H and O–H groups in total. The molecule has 0 bridgehead atoms. The quantitative estimate of drug-likeness (QED) is 0.857. The second kappa shape index (κ2) is 6.11. The summed E-state index contributed by atoms with van der Waals surface area (Å²) in [6, 6.07) is 4.21. The van der Waals surface area contributed by atoms with Gasteiger partial charge in [0, 0.05) is 5.56 Å². The van der Waals surface area contributed by atoms with Crippen LogP contribution in [0.1, 0.15) is 5.89 Å². The van der Waals surface area contributed by atoms with Gasteiger partial charge in [-0.3, -0.25) is 0 Å². The first-order valence-electron chi connectivity index (χ1n) is 5.56. The first-order valence-corrected chi connectivity index (χ1v) is 5.56. The van der Waals surface area contributed by atoms with Crippen molar-refractivity contribution in [1.82, 2.24) is 10.2 Å². The number of ether oxygens (including phenoxy) is 2. The number of halogens is 1. The first kappa shape index (κ1) is 13.9. The Bertz CT molecular complexity index is 614. The molecule has 7 nitrogen and oxygen atoms in total. The van der Waals surface area contributed by atoms with Crippen molar-refractivity contribution >= 4 is 5.97 Å². The summed E-state index contributed by atoms with van der Waals surface area (Å²) < 4.78 is 28.4. The molecule has 0 aliphatic carbocycles. The standard InChI is InChI=1S/C12H11FN2O5/c1-18-9-3-2-7(4-8(9)13)12-15-14-10(20-12)5-19-6-11(16)17/h2-4H,5-6H2,1H3,(H,16,17). The third-order valence-electron chi connectivity index (χ3n) is 2.32. The minimum absolute atomic E-state index is 0.109. The highest BCUT2D eigenvalue weighted by Gasteiger charge is 2.12. The van der Waals surface area contributed by atoms with Crippen molar-refractivity contribution in [2.24, 2.45) is 0 Å². The van der Waals surface area contributed by atoms with Gasteiger partial charge >= 0.3 is 5.97 Å². The average molecular weight is 282 g/mol. The Balaban J connectivity index is 2.08. The van der Waals surface area contributed by atoms with Gasteiger partial charge in [0.15, 0.2) is 11.6 Å². The van der Waals surface area contributed by atoms with Crippen LogP contribution in [0.4, 0.5) is 4.39 Å². The highest BCUT2D eigenvalue weighted by Crippen LogP contribution is 2.24. The number of carboxylic acids is 1. The first-order chi connectivity index (χ1) is 9.60. The second-order valence-corrected chi connectivity index (χ2v) is 3.74. The van der Waals surface area contributed by atoms with Crippen LogP contribution in [0.3, 0.4) is 0 Å². The average Bonchev–Trinajstić information content (AvgIpc) is 2.87. The van der Waals surface area contributed by atoms with Gasteiger partial charge in [-0.1, -0.05) is 0 Å². The molecule has 2 rings (SSSR count). The SMILES string of the molecule is COc1ccc(-c2nnc(COCC(=O)O)o2)cc1F. The molecular weight excluding hydrogens is 271 g/mol. The number of hydrogen-bond donors (Lipinski definition) is 1. The Morgan fingerprint density at radius 3 is 2.90 bits per heavy atom. The molecule has 0 aliphatic rings. The Morgan fingerprint density at radius 1 is 1.45 bits per heavy atom. The molecule has 0 fully saturated rings. The van der Waals surface area contributed by atoms with Crippen LogP contribution < -0.4 is 4.74 Å². The number of benzene rings is 1. The zero-order valence-corrected chi connectivity index (χ0v) is 10.5. The highest BCUT2D eigenvalue weighted by atomic mass is 19.1. The van der Waals surface area contributed by atoms with Gasteiger partial charge in [0.25, 0.3) is 0 Å². The van der Waals surface area contributed by atoms with Gasteiger partial charge in [0.05, 0.1) is 7.11 Å². The van der Waals surface area contributed by atoms with Crippen molar-refractivity contribution in [3.63, 3.8) is 0 Å². The van der Waals surface area contributed by atoms with Crippen molar-refractivity contribution in [2.45, 2.75) is 6.61 Å². The molecule has 0 radical (unpaired) electrons. The normalized spacial score (nSPS) is 10.5. The number of hydrogen-bond acceptors (Lipinski definition) is 6. The fourth-order valence-corrected chi connectivity index (χ4v) is 1.45. The van der Waals surface area contributed by atoms with Crippen LogP contribution in [0.2, 0.25) is 0 Å². The number of carboxylic acid groups (broad SMARTS) is 1. The molecule has 20 heavy (non-hydrogen) atoms. The molecule has 1 aromatic heterocycles. The maximum atomic E-state index is 13.5. The van der Waals surface area contributed by atoms with Crippen LogP contribution in [-0.2, 0) is 16.1 Å². The highest BCUT2D eigenvalue weighted by molar-refractivity contribution is 5.67. The predicted octanol–water partition coefficient (Wildman–Crippen LogP) is 1.49. The molecule has 0 amide bonds. The van der Waals surface area contributed by atoms with E-state index in [9.17, 15) is 9.18 Å². The van der Waals surface area contributed by atoms with Crippen LogP contribution in [0.15, 0.2) is 22.6 Å². The Kier molecular flexibility index (Phi) is 4.26. The molecule has 0 saturated carbocycles. The van der Waals surface area contributed by atoms with Crippen LogP contribution >= 0.6 is 0 Å². The molecule has 8 heteroatoms. The van der Waals surface area contributed by atoms with Crippen molar-refractivity contribution in [2.75, 3.05) is 13.7 Å². The summed E-state index contributed by atoms with van der Waals surface area (Å²) in [6.45, 7) is -0.590. The summed E-state index contributed by atoms with van der Waals surface area (Å²) in [6.07, 6.45) is 0. The molecular formula is C12H11FN2O5. The van der Waals surface area contributed by atoms with Gasteiger partial charge in [-0.25, -0.2) is 9.18 Å². The number of rotatable bonds is 6. The molecule has 0 spiro atoms. The van der Waals surface area contributed by atoms with Crippen LogP contribution in [0.25, 0.3) is 11.5 Å². The number of aromatic nitrogens is 2. The summed E-state index contributed by atoms with van der Waals surface area (Å²) in [7, 11) is 1.36. The van der Waals surface area contributed by atoms with Crippen molar-refractivity contribution in [3.8, 4) is 17.2 Å². The third-order valence-corrected chi connectivity index (χ3v) is 2.32. The molecule has 0 aliphatic heterocycles. The van der Waals surface area contributed by atoms with E-state index in [2.05, 4.69) is 10.2 Å². The van der Waals surface area contributed by atoms with Crippen molar-refractivity contribution in [3.05, 3.63) is 29.9 Å². The molecule has 0 atom stereocenters. The van der Waals surface area contributed by atoms with Crippen molar-refractivity contribution < 1.29 is 28.2 Å². The topological polar surface area (TPSA) is 94.7 Å². The zero-order chi connectivity index (χ0) is 14.5. The maximum Gasteiger partial charge on any atom is 0.329 e. The lowest BCUT2D eigenvalue weighted by molar-refractivity contribution is -0.142. The fraction of sp³-hybridized carbons (Fsp3) is 0.250. The van der Waals surface area contributed by atoms with Crippen molar-refractivity contribution in [1.29, 1.82) is 0 Å². The maximum absolute atomic E-state index is 13.5. The molecule has 106 valence electrons. The summed E-state index contributed by atoms with van der Waals surface area (Å²) >= 11 is 0. The van der Waals surface area contributed by atoms with E-state index in [1.165, 1.54) is 19.2 Å². The summed E-state index contributed by atoms with van der Waals surface area (Å²) in [4.78, 5) is 10.3. The molecule has 0 unspecified atom stereocenters. The van der Waals surface area contributed by atoms with E-state index in [1.54, 1.807) is 6.07 Å². The fourth-order valence-electron chi connectivity index (χ4n) is 1.45. The predicted molar refractivity (Wildman–Crippen MR) is 63.5 cm³/mol. The Morgan fingerprint density at radius 2 is 2.25 bits per heavy atom. The Hall–Kier alpha value is -2.48. The number of methoxy groups -OCH3 is 1. The summed E-state index contributed by atoms with van der Waals surface area (Å²) in [5, 5.41) is 15.8. The zero-order valence-electron chi connectivity index (χ0n) is 10.5. The molecule has 1 heterocycles. The minimum Gasteiger partial charge on any atom is -0.494 e. The van der Waals surface area contributed by atoms with E-state index in [0.717, 1.165) is 0 Å². The largest absolute Gasteiger partial charge is 0.494 e. The van der Waals surface area contributed by atoms with Gasteiger partial charge < -0.3 is 19.0 Å². The van der Waals surface area contributed by atoms with Crippen LogP contribution in [-0.4, -0.2) is 35.0 Å². The van der Waals surface area contributed by atoms with Gasteiger partial charge in [0.2, 0.25) is 11.8 Å². The van der Waals surface area contributed by atoms with E-state index in [0.29, 0.717) is 5.56 Å². The number of aliphatic carboxylic acids is 1. The lowest BCUT2D eigenvalue weighted by atomic mass is 10.2. The van der Waals surface area contributed by atoms with Gasteiger partial charge in [-0.05, 0) is 18.2 Å². The molecule has 2 aromatic rings.